The molecule has 1 amide bonds. The maximum absolute atomic E-state index is 13.4. The van der Waals surface area contributed by atoms with E-state index < -0.39 is 5.91 Å². The highest BCUT2D eigenvalue weighted by molar-refractivity contribution is 5.90. The van der Waals surface area contributed by atoms with E-state index in [0.717, 1.165) is 16.9 Å². The monoisotopic (exact) mass is 435 g/mol. The number of rotatable bonds is 9. The third-order valence-corrected chi connectivity index (χ3v) is 5.03. The van der Waals surface area contributed by atoms with Gasteiger partial charge in [0.05, 0.1) is 20.3 Å². The molecule has 0 bridgehead atoms. The van der Waals surface area contributed by atoms with Gasteiger partial charge in [-0.15, -0.1) is 0 Å². The molecule has 0 unspecified atom stereocenters. The molecule has 7 nitrogen and oxygen atoms in total. The van der Waals surface area contributed by atoms with Crippen molar-refractivity contribution in [2.45, 2.75) is 40.3 Å². The molecule has 0 aliphatic carbocycles. The third-order valence-electron chi connectivity index (χ3n) is 5.03. The van der Waals surface area contributed by atoms with Crippen molar-refractivity contribution in [2.75, 3.05) is 7.11 Å². The number of aromatic nitrogens is 2. The van der Waals surface area contributed by atoms with Crippen molar-refractivity contribution >= 4 is 5.91 Å². The van der Waals surface area contributed by atoms with Gasteiger partial charge < -0.3 is 4.74 Å². The number of nitrogens with one attached hydrogen (secondary N) is 1. The third kappa shape index (κ3) is 5.82. The molecule has 2 aromatic carbocycles. The zero-order valence-corrected chi connectivity index (χ0v) is 18.9. The Morgan fingerprint density at radius 3 is 2.38 bits per heavy atom. The minimum atomic E-state index is -0.564. The first-order chi connectivity index (χ1) is 15.4. The minimum Gasteiger partial charge on any atom is -0.497 e. The molecule has 1 heterocycles. The van der Waals surface area contributed by atoms with Crippen LogP contribution in [0.3, 0.4) is 0 Å². The van der Waals surface area contributed by atoms with E-state index in [1.54, 1.807) is 14.0 Å². The zero-order chi connectivity index (χ0) is 23.1. The Hall–Kier alpha value is -3.45. The molecule has 0 aliphatic heterocycles. The lowest BCUT2D eigenvalue weighted by molar-refractivity contribution is 0.0220. The number of carbonyl (C=O) groups excluding carboxylic acids is 1. The molecule has 1 aromatic heterocycles. The first-order valence-corrected chi connectivity index (χ1v) is 10.6. The van der Waals surface area contributed by atoms with Crippen LogP contribution < -0.4 is 15.8 Å². The van der Waals surface area contributed by atoms with Crippen LogP contribution >= 0.6 is 0 Å². The van der Waals surface area contributed by atoms with Crippen molar-refractivity contribution in [1.82, 2.24) is 15.0 Å². The summed E-state index contributed by atoms with van der Waals surface area (Å²) in [6.07, 6.45) is 0.590. The summed E-state index contributed by atoms with van der Waals surface area (Å²) >= 11 is 0. The van der Waals surface area contributed by atoms with Crippen LogP contribution in [-0.2, 0) is 24.4 Å². The lowest BCUT2D eigenvalue weighted by Gasteiger charge is -2.17. The lowest BCUT2D eigenvalue weighted by Crippen LogP contribution is -2.36. The van der Waals surface area contributed by atoms with Gasteiger partial charge in [0.25, 0.3) is 5.56 Å². The van der Waals surface area contributed by atoms with Gasteiger partial charge in [-0.1, -0.05) is 56.3 Å². The molecular weight excluding hydrogens is 406 g/mol. The first-order valence-electron chi connectivity index (χ1n) is 10.6. The Labute approximate surface area is 188 Å². The van der Waals surface area contributed by atoms with Crippen LogP contribution in [0.1, 0.15) is 46.9 Å². The topological polar surface area (TPSA) is 82.4 Å². The normalized spacial score (nSPS) is 10.9. The molecule has 1 N–H and O–H groups in total. The van der Waals surface area contributed by atoms with E-state index >= 15 is 0 Å². The maximum atomic E-state index is 13.4. The number of ether oxygens (including phenoxy) is 1. The molecule has 168 valence electrons. The average Bonchev–Trinajstić information content (AvgIpc) is 2.79. The highest BCUT2D eigenvalue weighted by atomic mass is 16.6. The molecular formula is C25H29N3O4. The van der Waals surface area contributed by atoms with Crippen LogP contribution in [0.4, 0.5) is 0 Å². The molecule has 0 saturated heterocycles. The summed E-state index contributed by atoms with van der Waals surface area (Å²) in [4.78, 5) is 36.1. The van der Waals surface area contributed by atoms with Crippen LogP contribution in [0.15, 0.2) is 59.4 Å². The number of hydroxylamine groups is 1. The van der Waals surface area contributed by atoms with Crippen LogP contribution in [0.5, 0.6) is 5.75 Å². The van der Waals surface area contributed by atoms with Gasteiger partial charge in [0, 0.05) is 11.3 Å². The second kappa shape index (κ2) is 10.7. The molecule has 0 atom stereocenters. The van der Waals surface area contributed by atoms with Crippen molar-refractivity contribution in [1.29, 1.82) is 0 Å². The quantitative estimate of drug-likeness (QED) is 0.519. The molecule has 0 spiro atoms. The highest BCUT2D eigenvalue weighted by Crippen LogP contribution is 2.14. The second-order valence-electron chi connectivity index (χ2n) is 8.04. The average molecular weight is 436 g/mol. The number of aryl methyl sites for hydroxylation is 1. The summed E-state index contributed by atoms with van der Waals surface area (Å²) in [5.41, 5.74) is 5.16. The van der Waals surface area contributed by atoms with Crippen molar-refractivity contribution < 1.29 is 14.4 Å². The minimum absolute atomic E-state index is 0.0175. The van der Waals surface area contributed by atoms with Crippen LogP contribution in [-0.4, -0.2) is 22.6 Å². The van der Waals surface area contributed by atoms with E-state index in [-0.39, 0.29) is 30.5 Å². The number of methoxy groups -OCH3 is 1. The number of hydrogen-bond acceptors (Lipinski definition) is 5. The fourth-order valence-electron chi connectivity index (χ4n) is 3.38. The van der Waals surface area contributed by atoms with Gasteiger partial charge in [-0.05, 0) is 42.5 Å². The van der Waals surface area contributed by atoms with Crippen molar-refractivity contribution in [3.63, 3.8) is 0 Å². The Morgan fingerprint density at radius 2 is 1.75 bits per heavy atom. The maximum Gasteiger partial charge on any atom is 0.310 e. The van der Waals surface area contributed by atoms with Gasteiger partial charge in [0.2, 0.25) is 5.82 Å². The fourth-order valence-corrected chi connectivity index (χ4v) is 3.38. The molecule has 7 heteroatoms. The van der Waals surface area contributed by atoms with Crippen LogP contribution in [0, 0.1) is 12.8 Å². The van der Waals surface area contributed by atoms with Gasteiger partial charge in [-0.25, -0.2) is 10.5 Å². The summed E-state index contributed by atoms with van der Waals surface area (Å²) in [7, 11) is 1.60. The fraction of sp³-hybridized carbons (Fsp3) is 0.320. The van der Waals surface area contributed by atoms with Gasteiger partial charge in [-0.3, -0.25) is 19.0 Å². The van der Waals surface area contributed by atoms with Gasteiger partial charge in [0.15, 0.2) is 0 Å². The Morgan fingerprint density at radius 1 is 1.06 bits per heavy atom. The number of hydrogen-bond donors (Lipinski definition) is 1. The second-order valence-corrected chi connectivity index (χ2v) is 8.04. The van der Waals surface area contributed by atoms with E-state index in [2.05, 4.69) is 10.5 Å². The summed E-state index contributed by atoms with van der Waals surface area (Å²) in [6.45, 7) is 6.27. The Balaban J connectivity index is 1.90. The predicted octanol–water partition coefficient (Wildman–Crippen LogP) is 3.67. The summed E-state index contributed by atoms with van der Waals surface area (Å²) in [5, 5.41) is 0. The van der Waals surface area contributed by atoms with Gasteiger partial charge >= 0.3 is 5.91 Å². The largest absolute Gasteiger partial charge is 0.497 e. The molecule has 3 aromatic rings. The van der Waals surface area contributed by atoms with Gasteiger partial charge in [-0.2, -0.15) is 0 Å². The molecule has 3 rings (SSSR count). The summed E-state index contributed by atoms with van der Waals surface area (Å²) < 4.78 is 6.61. The number of nitrogens with zero attached hydrogens (tertiary/aromatic N) is 2. The van der Waals surface area contributed by atoms with Crippen molar-refractivity contribution in [2.24, 2.45) is 5.92 Å². The molecule has 0 fully saturated rings. The standard InChI is InChI=1S/C25H29N3O4/c1-17(2)14-22-18(3)26-23(24(29)27-32-16-20-8-6-5-7-9-20)28(25(22)30)15-19-10-12-21(31-4)13-11-19/h5-13,17H,14-16H2,1-4H3,(H,27,29). The highest BCUT2D eigenvalue weighted by Gasteiger charge is 2.20. The number of benzene rings is 2. The predicted molar refractivity (Wildman–Crippen MR) is 123 cm³/mol. The van der Waals surface area contributed by atoms with E-state index in [0.29, 0.717) is 17.7 Å². The SMILES string of the molecule is COc1ccc(Cn2c(C(=O)NOCc3ccccc3)nc(C)c(CC(C)C)c2=O)cc1. The lowest BCUT2D eigenvalue weighted by atomic mass is 10.0. The summed E-state index contributed by atoms with van der Waals surface area (Å²) in [5.74, 6) is 0.456. The molecule has 0 saturated carbocycles. The van der Waals surface area contributed by atoms with Crippen molar-refractivity contribution in [3.05, 3.63) is 93.2 Å². The van der Waals surface area contributed by atoms with E-state index in [1.807, 2.05) is 68.4 Å². The van der Waals surface area contributed by atoms with E-state index in [9.17, 15) is 9.59 Å². The van der Waals surface area contributed by atoms with E-state index in [4.69, 9.17) is 9.57 Å². The van der Waals surface area contributed by atoms with Crippen molar-refractivity contribution in [3.8, 4) is 5.75 Å². The zero-order valence-electron chi connectivity index (χ0n) is 18.9. The first kappa shape index (κ1) is 23.2. The van der Waals surface area contributed by atoms with Crippen LogP contribution in [0.2, 0.25) is 0 Å². The Bertz CT molecular complexity index is 1110. The molecule has 32 heavy (non-hydrogen) atoms. The van der Waals surface area contributed by atoms with E-state index in [1.165, 1.54) is 4.57 Å². The molecule has 0 aliphatic rings. The number of amides is 1. The molecule has 0 radical (unpaired) electrons. The number of carbonyl (C=O) groups is 1. The summed E-state index contributed by atoms with van der Waals surface area (Å²) in [6, 6.07) is 16.9. The Kier molecular flexibility index (Phi) is 7.78. The van der Waals surface area contributed by atoms with Crippen LogP contribution in [0.25, 0.3) is 0 Å². The van der Waals surface area contributed by atoms with Gasteiger partial charge in [0.1, 0.15) is 5.75 Å². The smallest absolute Gasteiger partial charge is 0.310 e.